The molecule has 4 aromatic rings. The van der Waals surface area contributed by atoms with Crippen molar-refractivity contribution in [3.8, 4) is 0 Å². The third kappa shape index (κ3) is 4.83. The fourth-order valence-electron chi connectivity index (χ4n) is 3.66. The lowest BCUT2D eigenvalue weighted by Gasteiger charge is -2.17. The third-order valence-electron chi connectivity index (χ3n) is 5.40. The van der Waals surface area contributed by atoms with Gasteiger partial charge in [0, 0.05) is 24.6 Å². The summed E-state index contributed by atoms with van der Waals surface area (Å²) in [5, 5.41) is 15.3. The van der Waals surface area contributed by atoms with Crippen LogP contribution in [0.1, 0.15) is 35.5 Å². The Balaban J connectivity index is 1.17. The second-order valence-electron chi connectivity index (χ2n) is 7.61. The van der Waals surface area contributed by atoms with E-state index in [1.54, 1.807) is 0 Å². The van der Waals surface area contributed by atoms with Gasteiger partial charge in [-0.05, 0) is 35.4 Å². The van der Waals surface area contributed by atoms with E-state index in [2.05, 4.69) is 49.9 Å². The highest BCUT2D eigenvalue weighted by Crippen LogP contribution is 2.23. The van der Waals surface area contributed by atoms with Gasteiger partial charge in [-0.1, -0.05) is 53.7 Å². The summed E-state index contributed by atoms with van der Waals surface area (Å²) in [6, 6.07) is 20.4. The monoisotopic (exact) mass is 425 g/mol. The molecule has 1 aliphatic rings. The normalized spacial score (nSPS) is 13.5. The zero-order valence-electron chi connectivity index (χ0n) is 17.6. The molecule has 5 rings (SSSR count). The Hall–Kier alpha value is -4.00. The second-order valence-corrected chi connectivity index (χ2v) is 7.61. The molecule has 0 amide bonds. The largest absolute Gasteiger partial charge is 0.493 e. The molecule has 0 bridgehead atoms. The van der Waals surface area contributed by atoms with Gasteiger partial charge in [0.15, 0.2) is 5.82 Å². The lowest BCUT2D eigenvalue weighted by molar-refractivity contribution is 0.161. The second kappa shape index (κ2) is 9.43. The van der Waals surface area contributed by atoms with Crippen molar-refractivity contribution in [2.75, 3.05) is 0 Å². The average molecular weight is 425 g/mol. The number of ether oxygens (including phenoxy) is 2. The standard InChI is InChI=1S/C25H23N5O2/c1-2-7-20(19(6-1)15-25-27-29-30-28-25)16-31-22-11-13-23(14-12-22)32-17-21-10-9-18-5-3-4-8-24(18)26-21/h1-11,13H,12,14-17H2,(H,27,28,29,30). The number of nitrogens with zero attached hydrogens (tertiary/aromatic N) is 4. The van der Waals surface area contributed by atoms with E-state index in [9.17, 15) is 0 Å². The molecule has 0 saturated heterocycles. The van der Waals surface area contributed by atoms with Crippen LogP contribution in [-0.4, -0.2) is 25.6 Å². The molecule has 160 valence electrons. The van der Waals surface area contributed by atoms with Crippen molar-refractivity contribution in [1.29, 1.82) is 0 Å². The molecule has 2 heterocycles. The molecule has 7 nitrogen and oxygen atoms in total. The summed E-state index contributed by atoms with van der Waals surface area (Å²) in [6.07, 6.45) is 6.23. The molecule has 0 spiro atoms. The van der Waals surface area contributed by atoms with Crippen LogP contribution >= 0.6 is 0 Å². The van der Waals surface area contributed by atoms with Crippen LogP contribution in [-0.2, 0) is 29.1 Å². The van der Waals surface area contributed by atoms with Crippen molar-refractivity contribution in [3.05, 3.63) is 107 Å². The van der Waals surface area contributed by atoms with Crippen LogP contribution in [0.5, 0.6) is 0 Å². The molecule has 0 saturated carbocycles. The van der Waals surface area contributed by atoms with Crippen molar-refractivity contribution < 1.29 is 9.47 Å². The van der Waals surface area contributed by atoms with Gasteiger partial charge in [-0.15, -0.1) is 10.2 Å². The maximum absolute atomic E-state index is 6.07. The lowest BCUT2D eigenvalue weighted by Crippen LogP contribution is -2.04. The molecule has 2 aromatic heterocycles. The van der Waals surface area contributed by atoms with E-state index < -0.39 is 0 Å². The van der Waals surface area contributed by atoms with E-state index in [-0.39, 0.29) is 0 Å². The number of aromatic amines is 1. The summed E-state index contributed by atoms with van der Waals surface area (Å²) in [6.45, 7) is 0.967. The molecule has 0 unspecified atom stereocenters. The molecule has 32 heavy (non-hydrogen) atoms. The van der Waals surface area contributed by atoms with Crippen molar-refractivity contribution in [2.45, 2.75) is 32.5 Å². The molecule has 1 N–H and O–H groups in total. The number of tetrazole rings is 1. The van der Waals surface area contributed by atoms with Gasteiger partial charge in [-0.2, -0.15) is 5.21 Å². The lowest BCUT2D eigenvalue weighted by atomic mass is 10.0. The number of aromatic nitrogens is 5. The summed E-state index contributed by atoms with van der Waals surface area (Å²) in [5.74, 6) is 2.57. The quantitative estimate of drug-likeness (QED) is 0.443. The minimum Gasteiger partial charge on any atom is -0.493 e. The molecule has 0 radical (unpaired) electrons. The van der Waals surface area contributed by atoms with E-state index >= 15 is 0 Å². The van der Waals surface area contributed by atoms with Gasteiger partial charge in [-0.25, -0.2) is 4.98 Å². The number of nitrogens with one attached hydrogen (secondary N) is 1. The van der Waals surface area contributed by atoms with Crippen LogP contribution in [0, 0.1) is 0 Å². The van der Waals surface area contributed by atoms with Gasteiger partial charge in [0.05, 0.1) is 22.7 Å². The topological polar surface area (TPSA) is 85.8 Å². The molecule has 0 aliphatic heterocycles. The predicted molar refractivity (Wildman–Crippen MR) is 120 cm³/mol. The average Bonchev–Trinajstić information content (AvgIpc) is 3.36. The zero-order valence-corrected chi connectivity index (χ0v) is 17.6. The van der Waals surface area contributed by atoms with E-state index in [0.717, 1.165) is 52.1 Å². The van der Waals surface area contributed by atoms with Crippen molar-refractivity contribution >= 4 is 10.9 Å². The van der Waals surface area contributed by atoms with Gasteiger partial charge in [0.1, 0.15) is 13.2 Å². The molecule has 1 aliphatic carbocycles. The number of fused-ring (bicyclic) bond motifs is 1. The van der Waals surface area contributed by atoms with Crippen molar-refractivity contribution in [1.82, 2.24) is 25.6 Å². The van der Waals surface area contributed by atoms with Crippen LogP contribution in [0.25, 0.3) is 10.9 Å². The van der Waals surface area contributed by atoms with Crippen LogP contribution in [0.3, 0.4) is 0 Å². The van der Waals surface area contributed by atoms with Crippen LogP contribution in [0.4, 0.5) is 0 Å². The summed E-state index contributed by atoms with van der Waals surface area (Å²) >= 11 is 0. The summed E-state index contributed by atoms with van der Waals surface area (Å²) in [4.78, 5) is 4.67. The number of pyridine rings is 1. The van der Waals surface area contributed by atoms with Crippen LogP contribution in [0.15, 0.2) is 84.3 Å². The minimum absolute atomic E-state index is 0.462. The Bertz CT molecular complexity index is 1260. The van der Waals surface area contributed by atoms with Crippen molar-refractivity contribution in [2.24, 2.45) is 0 Å². The maximum Gasteiger partial charge on any atom is 0.178 e. The number of para-hydroxylation sites is 1. The van der Waals surface area contributed by atoms with Gasteiger partial charge in [0.25, 0.3) is 0 Å². The van der Waals surface area contributed by atoms with E-state index in [0.29, 0.717) is 25.5 Å². The van der Waals surface area contributed by atoms with Crippen LogP contribution < -0.4 is 0 Å². The molecule has 0 fully saturated rings. The molecular weight excluding hydrogens is 402 g/mol. The van der Waals surface area contributed by atoms with E-state index in [1.807, 2.05) is 48.6 Å². The van der Waals surface area contributed by atoms with Gasteiger partial charge in [-0.3, -0.25) is 0 Å². The number of H-pyrrole nitrogens is 1. The SMILES string of the molecule is C1=C(OCc2ccc3ccccc3n2)CCC(OCc2ccccc2Cc2nn[nH]n2)=C1. The molecule has 2 aromatic carbocycles. The number of rotatable bonds is 8. The first-order chi connectivity index (χ1) is 15.8. The van der Waals surface area contributed by atoms with Gasteiger partial charge >= 0.3 is 0 Å². The molecule has 0 atom stereocenters. The van der Waals surface area contributed by atoms with Gasteiger partial charge in [0.2, 0.25) is 0 Å². The van der Waals surface area contributed by atoms with Gasteiger partial charge < -0.3 is 9.47 Å². The highest BCUT2D eigenvalue weighted by Gasteiger charge is 2.11. The van der Waals surface area contributed by atoms with E-state index in [1.165, 1.54) is 0 Å². The Morgan fingerprint density at radius 1 is 0.781 bits per heavy atom. The Kier molecular flexibility index (Phi) is 5.87. The summed E-state index contributed by atoms with van der Waals surface area (Å²) < 4.78 is 12.1. The smallest absolute Gasteiger partial charge is 0.178 e. The number of benzene rings is 2. The highest BCUT2D eigenvalue weighted by molar-refractivity contribution is 5.78. The number of allylic oxidation sites excluding steroid dienone is 4. The summed E-state index contributed by atoms with van der Waals surface area (Å²) in [7, 11) is 0. The maximum atomic E-state index is 6.07. The fourth-order valence-corrected chi connectivity index (χ4v) is 3.66. The third-order valence-corrected chi connectivity index (χ3v) is 5.40. The molecule has 7 heteroatoms. The predicted octanol–water partition coefficient (Wildman–Crippen LogP) is 4.63. The number of hydrogen-bond acceptors (Lipinski definition) is 6. The Morgan fingerprint density at radius 2 is 1.53 bits per heavy atom. The highest BCUT2D eigenvalue weighted by atomic mass is 16.5. The fraction of sp³-hybridized carbons (Fsp3) is 0.200. The first kappa shape index (κ1) is 19.9. The van der Waals surface area contributed by atoms with E-state index in [4.69, 9.17) is 9.47 Å². The summed E-state index contributed by atoms with van der Waals surface area (Å²) in [5.41, 5.74) is 4.16. The first-order valence-corrected chi connectivity index (χ1v) is 10.6. The van der Waals surface area contributed by atoms with Crippen LogP contribution in [0.2, 0.25) is 0 Å². The first-order valence-electron chi connectivity index (χ1n) is 10.6. The van der Waals surface area contributed by atoms with Crippen molar-refractivity contribution in [3.63, 3.8) is 0 Å². The Morgan fingerprint density at radius 3 is 2.31 bits per heavy atom. The molecular formula is C25H23N5O2. The Labute approximate surface area is 185 Å². The zero-order chi connectivity index (χ0) is 21.6. The minimum atomic E-state index is 0.462. The number of hydrogen-bond donors (Lipinski definition) is 1.